The molecule has 0 amide bonds. The van der Waals surface area contributed by atoms with E-state index in [1.807, 2.05) is 0 Å². The first-order chi connectivity index (χ1) is 5.24. The van der Waals surface area contributed by atoms with E-state index in [1.165, 1.54) is 0 Å². The third-order valence-electron chi connectivity index (χ3n) is 1.57. The minimum Gasteiger partial charge on any atom is -0.508 e. The summed E-state index contributed by atoms with van der Waals surface area (Å²) >= 11 is 0. The van der Waals surface area contributed by atoms with Crippen molar-refractivity contribution in [3.05, 3.63) is 36.2 Å². The minimum absolute atomic E-state index is 0.0893. The zero-order valence-electron chi connectivity index (χ0n) is 6.25. The summed E-state index contributed by atoms with van der Waals surface area (Å²) in [6, 6.07) is 4.95. The fourth-order valence-electron chi connectivity index (χ4n) is 0.966. The highest BCUT2D eigenvalue weighted by atomic mass is 16.3. The molecule has 59 valence electrons. The molecule has 1 aromatic rings. The van der Waals surface area contributed by atoms with Crippen molar-refractivity contribution in [1.29, 1.82) is 0 Å². The van der Waals surface area contributed by atoms with Gasteiger partial charge in [0, 0.05) is 6.61 Å². The van der Waals surface area contributed by atoms with E-state index in [4.69, 9.17) is 10.2 Å². The standard InChI is InChI=1S/C9H11O2/c1-7-2-3-9(11)6-8(7)4-5-10/h2-3,6,10-11H,1,4-5H2. The molecule has 0 saturated carbocycles. The van der Waals surface area contributed by atoms with Crippen molar-refractivity contribution in [3.8, 4) is 5.75 Å². The molecular weight excluding hydrogens is 140 g/mol. The monoisotopic (exact) mass is 151 g/mol. The van der Waals surface area contributed by atoms with Gasteiger partial charge in [-0.3, -0.25) is 0 Å². The quantitative estimate of drug-likeness (QED) is 0.664. The van der Waals surface area contributed by atoms with Gasteiger partial charge in [0.25, 0.3) is 0 Å². The lowest BCUT2D eigenvalue weighted by molar-refractivity contribution is 0.299. The lowest BCUT2D eigenvalue weighted by atomic mass is 10.1. The van der Waals surface area contributed by atoms with E-state index >= 15 is 0 Å². The lowest BCUT2D eigenvalue weighted by Crippen LogP contribution is -1.93. The number of hydrogen-bond acceptors (Lipinski definition) is 2. The highest BCUT2D eigenvalue weighted by molar-refractivity contribution is 5.36. The van der Waals surface area contributed by atoms with Crippen LogP contribution in [-0.2, 0) is 6.42 Å². The van der Waals surface area contributed by atoms with Crippen LogP contribution >= 0.6 is 0 Å². The third kappa shape index (κ3) is 1.95. The summed E-state index contributed by atoms with van der Waals surface area (Å²) in [5.41, 5.74) is 1.75. The van der Waals surface area contributed by atoms with Crippen LogP contribution in [0.25, 0.3) is 0 Å². The molecule has 0 bridgehead atoms. The van der Waals surface area contributed by atoms with Crippen LogP contribution in [0.1, 0.15) is 11.1 Å². The second-order valence-electron chi connectivity index (χ2n) is 2.43. The van der Waals surface area contributed by atoms with Gasteiger partial charge in [-0.05, 0) is 36.6 Å². The Morgan fingerprint density at radius 2 is 2.09 bits per heavy atom. The molecule has 0 aromatic heterocycles. The van der Waals surface area contributed by atoms with Gasteiger partial charge in [-0.1, -0.05) is 6.07 Å². The molecule has 0 aliphatic heterocycles. The molecule has 0 aliphatic rings. The summed E-state index contributed by atoms with van der Waals surface area (Å²) in [6.07, 6.45) is 0.549. The fourth-order valence-corrected chi connectivity index (χ4v) is 0.966. The van der Waals surface area contributed by atoms with Crippen molar-refractivity contribution in [2.45, 2.75) is 6.42 Å². The zero-order valence-corrected chi connectivity index (χ0v) is 6.25. The predicted octanol–water partition coefficient (Wildman–Crippen LogP) is 1.11. The average Bonchev–Trinajstić information content (AvgIpc) is 1.98. The van der Waals surface area contributed by atoms with Crippen molar-refractivity contribution < 1.29 is 10.2 Å². The summed E-state index contributed by atoms with van der Waals surface area (Å²) in [7, 11) is 0. The van der Waals surface area contributed by atoms with Crippen molar-refractivity contribution in [1.82, 2.24) is 0 Å². The number of phenols is 1. The molecule has 2 nitrogen and oxygen atoms in total. The van der Waals surface area contributed by atoms with Crippen LogP contribution in [0.2, 0.25) is 0 Å². The van der Waals surface area contributed by atoms with Crippen molar-refractivity contribution >= 4 is 0 Å². The SMILES string of the molecule is [CH2]c1ccc(O)cc1CCO. The van der Waals surface area contributed by atoms with Crippen molar-refractivity contribution in [2.24, 2.45) is 0 Å². The second-order valence-corrected chi connectivity index (χ2v) is 2.43. The number of aliphatic hydroxyl groups excluding tert-OH is 1. The van der Waals surface area contributed by atoms with Gasteiger partial charge in [-0.25, -0.2) is 0 Å². The van der Waals surface area contributed by atoms with Crippen LogP contribution in [0.15, 0.2) is 18.2 Å². The van der Waals surface area contributed by atoms with Crippen molar-refractivity contribution in [2.75, 3.05) is 6.61 Å². The molecular formula is C9H11O2. The maximum atomic E-state index is 9.05. The summed E-state index contributed by atoms with van der Waals surface area (Å²) in [6.45, 7) is 3.85. The molecule has 2 N–H and O–H groups in total. The van der Waals surface area contributed by atoms with E-state index in [0.29, 0.717) is 6.42 Å². The van der Waals surface area contributed by atoms with Gasteiger partial charge < -0.3 is 10.2 Å². The summed E-state index contributed by atoms with van der Waals surface area (Å²) < 4.78 is 0. The number of hydrogen-bond donors (Lipinski definition) is 2. The molecule has 11 heavy (non-hydrogen) atoms. The average molecular weight is 151 g/mol. The fraction of sp³-hybridized carbons (Fsp3) is 0.222. The van der Waals surface area contributed by atoms with Crippen LogP contribution < -0.4 is 0 Å². The van der Waals surface area contributed by atoms with Crippen LogP contribution in [0.3, 0.4) is 0 Å². The number of phenolic OH excluding ortho intramolecular Hbond substituents is 1. The molecule has 0 saturated heterocycles. The molecule has 0 spiro atoms. The Hall–Kier alpha value is -1.02. The number of rotatable bonds is 2. The van der Waals surface area contributed by atoms with Gasteiger partial charge in [-0.2, -0.15) is 0 Å². The third-order valence-corrected chi connectivity index (χ3v) is 1.57. The van der Waals surface area contributed by atoms with Crippen LogP contribution in [0.5, 0.6) is 5.75 Å². The molecule has 2 heteroatoms. The largest absolute Gasteiger partial charge is 0.508 e. The Labute approximate surface area is 66.1 Å². The topological polar surface area (TPSA) is 40.5 Å². The molecule has 0 unspecified atom stereocenters. The Kier molecular flexibility index (Phi) is 2.49. The van der Waals surface area contributed by atoms with Gasteiger partial charge >= 0.3 is 0 Å². The highest BCUT2D eigenvalue weighted by Crippen LogP contribution is 2.15. The van der Waals surface area contributed by atoms with E-state index in [9.17, 15) is 0 Å². The predicted molar refractivity (Wildman–Crippen MR) is 43.4 cm³/mol. The van der Waals surface area contributed by atoms with Gasteiger partial charge in [0.15, 0.2) is 0 Å². The zero-order chi connectivity index (χ0) is 8.27. The number of benzene rings is 1. The molecule has 1 rings (SSSR count). The highest BCUT2D eigenvalue weighted by Gasteiger charge is 1.97. The Morgan fingerprint density at radius 1 is 1.36 bits per heavy atom. The van der Waals surface area contributed by atoms with Gasteiger partial charge in [0.1, 0.15) is 5.75 Å². The van der Waals surface area contributed by atoms with Crippen LogP contribution in [0.4, 0.5) is 0 Å². The molecule has 0 fully saturated rings. The normalized spacial score (nSPS) is 10.0. The second kappa shape index (κ2) is 3.39. The van der Waals surface area contributed by atoms with E-state index in [-0.39, 0.29) is 12.4 Å². The van der Waals surface area contributed by atoms with Crippen molar-refractivity contribution in [3.63, 3.8) is 0 Å². The Balaban J connectivity index is 2.93. The molecule has 0 atom stereocenters. The van der Waals surface area contributed by atoms with Crippen LogP contribution in [-0.4, -0.2) is 16.8 Å². The maximum Gasteiger partial charge on any atom is 0.115 e. The first kappa shape index (κ1) is 8.08. The number of aromatic hydroxyl groups is 1. The van der Waals surface area contributed by atoms with Gasteiger partial charge in [-0.15, -0.1) is 0 Å². The van der Waals surface area contributed by atoms with Gasteiger partial charge in [0.05, 0.1) is 0 Å². The summed E-state index contributed by atoms with van der Waals surface area (Å²) in [4.78, 5) is 0. The van der Waals surface area contributed by atoms with E-state index in [0.717, 1.165) is 11.1 Å². The Bertz CT molecular complexity index is 243. The molecule has 1 radical (unpaired) electrons. The maximum absolute atomic E-state index is 9.05. The molecule has 1 aromatic carbocycles. The van der Waals surface area contributed by atoms with Gasteiger partial charge in [0.2, 0.25) is 0 Å². The van der Waals surface area contributed by atoms with E-state index in [2.05, 4.69) is 6.92 Å². The first-order valence-corrected chi connectivity index (χ1v) is 3.48. The first-order valence-electron chi connectivity index (χ1n) is 3.48. The van der Waals surface area contributed by atoms with Crippen LogP contribution in [0, 0.1) is 6.92 Å². The van der Waals surface area contributed by atoms with E-state index in [1.54, 1.807) is 18.2 Å². The number of aliphatic hydroxyl groups is 1. The summed E-state index contributed by atoms with van der Waals surface area (Å²) in [5, 5.41) is 17.7. The molecule has 0 heterocycles. The lowest BCUT2D eigenvalue weighted by Gasteiger charge is -2.02. The smallest absolute Gasteiger partial charge is 0.115 e. The summed E-state index contributed by atoms with van der Waals surface area (Å²) in [5.74, 6) is 0.223. The van der Waals surface area contributed by atoms with E-state index < -0.39 is 0 Å². The Morgan fingerprint density at radius 3 is 2.73 bits per heavy atom. The molecule has 0 aliphatic carbocycles. The minimum atomic E-state index is 0.0893.